The van der Waals surface area contributed by atoms with Gasteiger partial charge in [-0.1, -0.05) is 15.9 Å². The van der Waals surface area contributed by atoms with Crippen molar-refractivity contribution in [3.8, 4) is 6.07 Å². The van der Waals surface area contributed by atoms with Gasteiger partial charge in [-0.3, -0.25) is 9.89 Å². The average Bonchev–Trinajstić information content (AvgIpc) is 2.83. The van der Waals surface area contributed by atoms with E-state index in [0.29, 0.717) is 11.3 Å². The number of rotatable bonds is 2. The van der Waals surface area contributed by atoms with Crippen molar-refractivity contribution in [2.24, 2.45) is 0 Å². The summed E-state index contributed by atoms with van der Waals surface area (Å²) < 4.78 is 0.768. The van der Waals surface area contributed by atoms with E-state index < -0.39 is 5.91 Å². The van der Waals surface area contributed by atoms with E-state index >= 15 is 0 Å². The lowest BCUT2D eigenvalue weighted by Crippen LogP contribution is -2.14. The number of benzene rings is 1. The number of nitriles is 1. The van der Waals surface area contributed by atoms with Gasteiger partial charge in [-0.15, -0.1) is 0 Å². The molecule has 0 saturated heterocycles. The predicted molar refractivity (Wildman–Crippen MR) is 63.2 cm³/mol. The highest BCUT2D eigenvalue weighted by Gasteiger charge is 2.11. The summed E-state index contributed by atoms with van der Waals surface area (Å²) in [5.41, 5.74) is 0.796. The highest BCUT2D eigenvalue weighted by molar-refractivity contribution is 9.10. The lowest BCUT2D eigenvalue weighted by molar-refractivity contribution is 0.101. The maximum absolute atomic E-state index is 11.7. The van der Waals surface area contributed by atoms with Crippen molar-refractivity contribution in [2.75, 3.05) is 5.32 Å². The van der Waals surface area contributed by atoms with E-state index in [4.69, 9.17) is 5.26 Å². The van der Waals surface area contributed by atoms with Gasteiger partial charge in [0.2, 0.25) is 5.82 Å². The Kier molecular flexibility index (Phi) is 3.16. The van der Waals surface area contributed by atoms with Gasteiger partial charge in [0.05, 0.1) is 11.3 Å². The third-order valence-corrected chi connectivity index (χ3v) is 2.47. The van der Waals surface area contributed by atoms with Crippen molar-refractivity contribution in [1.29, 1.82) is 5.26 Å². The topological polar surface area (TPSA) is 94.5 Å². The van der Waals surface area contributed by atoms with Crippen LogP contribution in [0.2, 0.25) is 0 Å². The summed E-state index contributed by atoms with van der Waals surface area (Å²) >= 11 is 3.27. The van der Waals surface area contributed by atoms with Crippen LogP contribution in [-0.2, 0) is 0 Å². The number of H-pyrrole nitrogens is 1. The minimum absolute atomic E-state index is 0.0915. The predicted octanol–water partition coefficient (Wildman–Crippen LogP) is 1.69. The number of carbonyl (C=O) groups is 1. The van der Waals surface area contributed by atoms with Crippen LogP contribution in [0.3, 0.4) is 0 Å². The first kappa shape index (κ1) is 11.3. The Balaban J connectivity index is 2.27. The highest BCUT2D eigenvalue weighted by atomic mass is 79.9. The number of hydrogen-bond acceptors (Lipinski definition) is 4. The standard InChI is InChI=1S/C10H6BrN5O/c11-7-2-1-6(4-12)8(3-7)15-10(17)9-13-5-14-16-9/h1-3,5H,(H,15,17)(H,13,14,16). The molecule has 0 bridgehead atoms. The van der Waals surface area contributed by atoms with Crippen molar-refractivity contribution in [3.05, 3.63) is 40.4 Å². The first-order chi connectivity index (χ1) is 8.20. The number of carbonyl (C=O) groups excluding carboxylic acids is 1. The molecule has 6 nitrogen and oxygen atoms in total. The Labute approximate surface area is 105 Å². The number of hydrogen-bond donors (Lipinski definition) is 2. The molecule has 0 aliphatic rings. The largest absolute Gasteiger partial charge is 0.318 e. The molecule has 84 valence electrons. The summed E-state index contributed by atoms with van der Waals surface area (Å²) in [5.74, 6) is -0.356. The summed E-state index contributed by atoms with van der Waals surface area (Å²) in [6.45, 7) is 0. The van der Waals surface area contributed by atoms with Gasteiger partial charge in [-0.25, -0.2) is 4.98 Å². The van der Waals surface area contributed by atoms with Crippen LogP contribution in [0.4, 0.5) is 5.69 Å². The fraction of sp³-hybridized carbons (Fsp3) is 0. The Hall–Kier alpha value is -2.20. The molecule has 7 heteroatoms. The molecule has 1 aromatic heterocycles. The Morgan fingerprint density at radius 2 is 2.35 bits per heavy atom. The molecule has 0 aliphatic heterocycles. The van der Waals surface area contributed by atoms with E-state index in [2.05, 4.69) is 36.4 Å². The third-order valence-electron chi connectivity index (χ3n) is 1.98. The summed E-state index contributed by atoms with van der Waals surface area (Å²) in [7, 11) is 0. The fourth-order valence-corrected chi connectivity index (χ4v) is 1.57. The molecule has 0 fully saturated rings. The number of amides is 1. The number of halogens is 1. The zero-order valence-electron chi connectivity index (χ0n) is 8.44. The molecule has 1 heterocycles. The van der Waals surface area contributed by atoms with Gasteiger partial charge in [-0.2, -0.15) is 10.4 Å². The maximum atomic E-state index is 11.7. The van der Waals surface area contributed by atoms with Gasteiger partial charge >= 0.3 is 0 Å². The normalized spacial score (nSPS) is 9.65. The molecule has 2 rings (SSSR count). The SMILES string of the molecule is N#Cc1ccc(Br)cc1NC(=O)c1ncn[nH]1. The highest BCUT2D eigenvalue weighted by Crippen LogP contribution is 2.21. The lowest BCUT2D eigenvalue weighted by atomic mass is 10.2. The van der Waals surface area contributed by atoms with E-state index in [1.54, 1.807) is 18.2 Å². The van der Waals surface area contributed by atoms with E-state index in [1.807, 2.05) is 6.07 Å². The molecule has 17 heavy (non-hydrogen) atoms. The summed E-state index contributed by atoms with van der Waals surface area (Å²) in [4.78, 5) is 15.4. The number of aromatic amines is 1. The van der Waals surface area contributed by atoms with Gasteiger partial charge in [0.15, 0.2) is 0 Å². The lowest BCUT2D eigenvalue weighted by Gasteiger charge is -2.05. The van der Waals surface area contributed by atoms with Gasteiger partial charge in [0, 0.05) is 4.47 Å². The van der Waals surface area contributed by atoms with Gasteiger partial charge in [0.25, 0.3) is 5.91 Å². The molecule has 2 aromatic rings. The third kappa shape index (κ3) is 2.49. The summed E-state index contributed by atoms with van der Waals surface area (Å²) in [6.07, 6.45) is 1.24. The minimum Gasteiger partial charge on any atom is -0.318 e. The van der Waals surface area contributed by atoms with Gasteiger partial charge in [0.1, 0.15) is 12.4 Å². The Morgan fingerprint density at radius 3 is 3.00 bits per heavy atom. The average molecular weight is 292 g/mol. The molecule has 1 amide bonds. The first-order valence-corrected chi connectivity index (χ1v) is 5.36. The smallest absolute Gasteiger partial charge is 0.293 e. The van der Waals surface area contributed by atoms with Crippen molar-refractivity contribution >= 4 is 27.5 Å². The van der Waals surface area contributed by atoms with Crippen molar-refractivity contribution in [3.63, 3.8) is 0 Å². The molecular weight excluding hydrogens is 286 g/mol. The molecule has 0 aliphatic carbocycles. The van der Waals surface area contributed by atoms with Crippen LogP contribution in [0.5, 0.6) is 0 Å². The Morgan fingerprint density at radius 1 is 1.53 bits per heavy atom. The maximum Gasteiger partial charge on any atom is 0.293 e. The van der Waals surface area contributed by atoms with E-state index in [1.165, 1.54) is 6.33 Å². The van der Waals surface area contributed by atoms with E-state index in [9.17, 15) is 4.79 Å². The fourth-order valence-electron chi connectivity index (χ4n) is 1.21. The quantitative estimate of drug-likeness (QED) is 0.880. The van der Waals surface area contributed by atoms with Gasteiger partial charge < -0.3 is 5.32 Å². The van der Waals surface area contributed by atoms with Crippen molar-refractivity contribution in [1.82, 2.24) is 15.2 Å². The van der Waals surface area contributed by atoms with Crippen LogP contribution in [0.1, 0.15) is 16.2 Å². The molecule has 0 radical (unpaired) electrons. The van der Waals surface area contributed by atoms with Crippen LogP contribution in [0.25, 0.3) is 0 Å². The summed E-state index contributed by atoms with van der Waals surface area (Å²) in [5, 5.41) is 17.5. The molecule has 0 atom stereocenters. The van der Waals surface area contributed by atoms with Crippen molar-refractivity contribution < 1.29 is 4.79 Å². The first-order valence-electron chi connectivity index (χ1n) is 4.57. The molecule has 1 aromatic carbocycles. The van der Waals surface area contributed by atoms with Crippen LogP contribution < -0.4 is 5.32 Å². The minimum atomic E-state index is -0.447. The molecule has 0 saturated carbocycles. The monoisotopic (exact) mass is 291 g/mol. The molecular formula is C10H6BrN5O. The van der Waals surface area contributed by atoms with Crippen LogP contribution >= 0.6 is 15.9 Å². The number of aromatic nitrogens is 3. The van der Waals surface area contributed by atoms with Gasteiger partial charge in [-0.05, 0) is 18.2 Å². The molecule has 2 N–H and O–H groups in total. The molecule has 0 unspecified atom stereocenters. The zero-order valence-corrected chi connectivity index (χ0v) is 10.0. The van der Waals surface area contributed by atoms with Crippen LogP contribution in [0, 0.1) is 11.3 Å². The van der Waals surface area contributed by atoms with Crippen molar-refractivity contribution in [2.45, 2.75) is 0 Å². The van der Waals surface area contributed by atoms with E-state index in [-0.39, 0.29) is 5.82 Å². The second-order valence-electron chi connectivity index (χ2n) is 3.09. The van der Waals surface area contributed by atoms with E-state index in [0.717, 1.165) is 4.47 Å². The van der Waals surface area contributed by atoms with Crippen LogP contribution in [-0.4, -0.2) is 21.1 Å². The second-order valence-corrected chi connectivity index (χ2v) is 4.01. The summed E-state index contributed by atoms with van der Waals surface area (Å²) in [6, 6.07) is 6.97. The Bertz CT molecular complexity index is 587. The number of anilines is 1. The number of nitrogens with one attached hydrogen (secondary N) is 2. The van der Waals surface area contributed by atoms with Crippen LogP contribution in [0.15, 0.2) is 29.0 Å². The second kappa shape index (κ2) is 4.76. The zero-order chi connectivity index (χ0) is 12.3. The number of nitrogens with zero attached hydrogens (tertiary/aromatic N) is 3. The molecule has 0 spiro atoms.